The fourth-order valence-corrected chi connectivity index (χ4v) is 1.44. The summed E-state index contributed by atoms with van der Waals surface area (Å²) in [6, 6.07) is 9.28. The highest BCUT2D eigenvalue weighted by molar-refractivity contribution is 5.47. The molecule has 0 aliphatic carbocycles. The van der Waals surface area contributed by atoms with E-state index in [1.54, 1.807) is 0 Å². The maximum Gasteiger partial charge on any atom is 0.0473 e. The number of hydrogen-bond donors (Lipinski definition) is 0. The van der Waals surface area contributed by atoms with Gasteiger partial charge in [0.1, 0.15) is 0 Å². The van der Waals surface area contributed by atoms with Gasteiger partial charge >= 0.3 is 0 Å². The van der Waals surface area contributed by atoms with Crippen molar-refractivity contribution >= 4 is 6.08 Å². The molecule has 0 spiro atoms. The molecule has 1 aromatic rings. The van der Waals surface area contributed by atoms with Crippen LogP contribution in [0.15, 0.2) is 30.8 Å². The van der Waals surface area contributed by atoms with E-state index in [0.29, 0.717) is 6.04 Å². The molecule has 1 saturated heterocycles. The number of likely N-dealkylation sites (N-methyl/N-ethyl adjacent to an activating group) is 1. The van der Waals surface area contributed by atoms with Crippen molar-refractivity contribution in [1.82, 2.24) is 4.90 Å². The largest absolute Gasteiger partial charge is 0.296 e. The smallest absolute Gasteiger partial charge is 0.0473 e. The van der Waals surface area contributed by atoms with E-state index in [9.17, 15) is 0 Å². The Labute approximate surface area is 73.3 Å². The zero-order chi connectivity index (χ0) is 8.55. The van der Waals surface area contributed by atoms with E-state index in [2.05, 4.69) is 42.8 Å². The van der Waals surface area contributed by atoms with Gasteiger partial charge in [-0.1, -0.05) is 36.9 Å². The maximum atomic E-state index is 3.73. The van der Waals surface area contributed by atoms with Gasteiger partial charge in [0.15, 0.2) is 0 Å². The van der Waals surface area contributed by atoms with E-state index < -0.39 is 0 Å². The summed E-state index contributed by atoms with van der Waals surface area (Å²) in [5.41, 5.74) is 2.62. The van der Waals surface area contributed by atoms with Crippen LogP contribution in [0, 0.1) is 0 Å². The Hall–Kier alpha value is -1.08. The molecule has 2 atom stereocenters. The van der Waals surface area contributed by atoms with Crippen LogP contribution in [0.4, 0.5) is 0 Å². The first kappa shape index (κ1) is 7.56. The molecule has 0 radical (unpaired) electrons. The first-order chi connectivity index (χ1) is 5.81. The second-order valence-electron chi connectivity index (χ2n) is 3.33. The molecule has 0 bridgehead atoms. The summed E-state index contributed by atoms with van der Waals surface area (Å²) < 4.78 is 0. The van der Waals surface area contributed by atoms with Crippen LogP contribution in [0.25, 0.3) is 6.08 Å². The summed E-state index contributed by atoms with van der Waals surface area (Å²) >= 11 is 0. The Bertz CT molecular complexity index is 286. The lowest BCUT2D eigenvalue weighted by Crippen LogP contribution is -1.87. The van der Waals surface area contributed by atoms with Crippen molar-refractivity contribution in [2.45, 2.75) is 6.04 Å². The highest BCUT2D eigenvalue weighted by Crippen LogP contribution is 2.32. The van der Waals surface area contributed by atoms with E-state index in [1.807, 2.05) is 6.08 Å². The third kappa shape index (κ3) is 1.28. The molecule has 1 heterocycles. The van der Waals surface area contributed by atoms with Crippen LogP contribution in [0.5, 0.6) is 0 Å². The van der Waals surface area contributed by atoms with Crippen LogP contribution in [0.3, 0.4) is 0 Å². The molecule has 1 fully saturated rings. The minimum atomic E-state index is 0.670. The van der Waals surface area contributed by atoms with Gasteiger partial charge in [0.2, 0.25) is 0 Å². The van der Waals surface area contributed by atoms with Crippen molar-refractivity contribution in [3.8, 4) is 0 Å². The molecule has 2 unspecified atom stereocenters. The third-order valence-corrected chi connectivity index (χ3v) is 2.42. The lowest BCUT2D eigenvalue weighted by atomic mass is 10.1. The zero-order valence-electron chi connectivity index (χ0n) is 7.33. The molecular formula is C11H13N. The predicted octanol–water partition coefficient (Wildman–Crippen LogP) is 2.32. The summed E-state index contributed by atoms with van der Waals surface area (Å²) in [6.07, 6.45) is 1.88. The molecular weight excluding hydrogens is 146 g/mol. The number of rotatable bonds is 2. The van der Waals surface area contributed by atoms with Gasteiger partial charge in [-0.2, -0.15) is 0 Å². The highest BCUT2D eigenvalue weighted by atomic mass is 15.3. The zero-order valence-corrected chi connectivity index (χ0v) is 7.33. The Morgan fingerprint density at radius 1 is 1.42 bits per heavy atom. The van der Waals surface area contributed by atoms with Crippen LogP contribution in [0.1, 0.15) is 17.2 Å². The molecule has 0 saturated carbocycles. The number of hydrogen-bond acceptors (Lipinski definition) is 1. The van der Waals surface area contributed by atoms with Crippen LogP contribution in [0.2, 0.25) is 0 Å². The lowest BCUT2D eigenvalue weighted by Gasteiger charge is -1.98. The van der Waals surface area contributed by atoms with Crippen molar-refractivity contribution in [1.29, 1.82) is 0 Å². The minimum Gasteiger partial charge on any atom is -0.296 e. The van der Waals surface area contributed by atoms with E-state index in [0.717, 1.165) is 0 Å². The van der Waals surface area contributed by atoms with Gasteiger partial charge in [0.05, 0.1) is 0 Å². The van der Waals surface area contributed by atoms with Crippen LogP contribution in [-0.2, 0) is 0 Å². The molecule has 1 aliphatic heterocycles. The molecule has 62 valence electrons. The molecule has 0 aromatic heterocycles. The van der Waals surface area contributed by atoms with Gasteiger partial charge in [0.25, 0.3) is 0 Å². The van der Waals surface area contributed by atoms with E-state index in [1.165, 1.54) is 17.7 Å². The second kappa shape index (κ2) is 2.76. The Kier molecular flexibility index (Phi) is 1.74. The van der Waals surface area contributed by atoms with Crippen molar-refractivity contribution in [3.05, 3.63) is 42.0 Å². The predicted molar refractivity (Wildman–Crippen MR) is 51.9 cm³/mol. The maximum absolute atomic E-state index is 3.73. The monoisotopic (exact) mass is 159 g/mol. The van der Waals surface area contributed by atoms with Crippen molar-refractivity contribution in [3.63, 3.8) is 0 Å². The van der Waals surface area contributed by atoms with Gasteiger partial charge in [-0.05, 0) is 18.2 Å². The van der Waals surface area contributed by atoms with Crippen molar-refractivity contribution < 1.29 is 0 Å². The third-order valence-electron chi connectivity index (χ3n) is 2.42. The van der Waals surface area contributed by atoms with Crippen LogP contribution >= 0.6 is 0 Å². The van der Waals surface area contributed by atoms with Gasteiger partial charge in [-0.3, -0.25) is 4.90 Å². The molecule has 0 N–H and O–H groups in total. The Morgan fingerprint density at radius 2 is 2.00 bits per heavy atom. The Balaban J connectivity index is 2.19. The first-order valence-corrected chi connectivity index (χ1v) is 4.24. The van der Waals surface area contributed by atoms with Gasteiger partial charge in [-0.25, -0.2) is 0 Å². The molecule has 1 heteroatoms. The molecule has 1 nitrogen and oxygen atoms in total. The minimum absolute atomic E-state index is 0.670. The normalized spacial score (nSPS) is 26.8. The van der Waals surface area contributed by atoms with E-state index in [4.69, 9.17) is 0 Å². The molecule has 1 aliphatic rings. The van der Waals surface area contributed by atoms with Gasteiger partial charge < -0.3 is 0 Å². The summed E-state index contributed by atoms with van der Waals surface area (Å²) in [5, 5.41) is 0. The van der Waals surface area contributed by atoms with Crippen LogP contribution in [-0.4, -0.2) is 18.5 Å². The van der Waals surface area contributed by atoms with Crippen molar-refractivity contribution in [2.75, 3.05) is 13.6 Å². The molecule has 1 aromatic carbocycles. The average molecular weight is 159 g/mol. The highest BCUT2D eigenvalue weighted by Gasteiger charge is 2.30. The fourth-order valence-electron chi connectivity index (χ4n) is 1.44. The second-order valence-corrected chi connectivity index (χ2v) is 3.33. The molecule has 2 rings (SSSR count). The SMILES string of the molecule is C=Cc1ccc(C2CN2C)cc1. The number of nitrogens with zero attached hydrogens (tertiary/aromatic N) is 1. The van der Waals surface area contributed by atoms with Crippen molar-refractivity contribution in [2.24, 2.45) is 0 Å². The summed E-state index contributed by atoms with van der Waals surface area (Å²) in [6.45, 7) is 4.93. The van der Waals surface area contributed by atoms with E-state index >= 15 is 0 Å². The topological polar surface area (TPSA) is 3.01 Å². The lowest BCUT2D eigenvalue weighted by molar-refractivity contribution is 0.631. The summed E-state index contributed by atoms with van der Waals surface area (Å²) in [5.74, 6) is 0. The van der Waals surface area contributed by atoms with Gasteiger partial charge in [0, 0.05) is 12.6 Å². The summed E-state index contributed by atoms with van der Waals surface area (Å²) in [7, 11) is 2.14. The van der Waals surface area contributed by atoms with E-state index in [-0.39, 0.29) is 0 Å². The van der Waals surface area contributed by atoms with Gasteiger partial charge in [-0.15, -0.1) is 0 Å². The first-order valence-electron chi connectivity index (χ1n) is 4.24. The quantitative estimate of drug-likeness (QED) is 0.598. The number of benzene rings is 1. The molecule has 0 amide bonds. The summed E-state index contributed by atoms with van der Waals surface area (Å²) in [4.78, 5) is 2.32. The fraction of sp³-hybridized carbons (Fsp3) is 0.273. The average Bonchev–Trinajstić information content (AvgIpc) is 2.83. The Morgan fingerprint density at radius 3 is 2.42 bits per heavy atom. The van der Waals surface area contributed by atoms with Crippen LogP contribution < -0.4 is 0 Å². The molecule has 12 heavy (non-hydrogen) atoms. The standard InChI is InChI=1S/C11H13N/c1-3-9-4-6-10(7-5-9)11-8-12(11)2/h3-7,11H,1,8H2,2H3.